The smallest absolute Gasteiger partial charge is 0.340 e. The maximum absolute atomic E-state index is 12.8. The van der Waals surface area contributed by atoms with E-state index in [1.807, 2.05) is 48.9 Å². The van der Waals surface area contributed by atoms with Gasteiger partial charge in [-0.15, -0.1) is 11.3 Å². The molecular formula is C23H21N3O3S. The molecule has 0 radical (unpaired) electrons. The zero-order valence-corrected chi connectivity index (χ0v) is 18.0. The van der Waals surface area contributed by atoms with Gasteiger partial charge in [-0.25, -0.2) is 9.78 Å². The summed E-state index contributed by atoms with van der Waals surface area (Å²) in [6.07, 6.45) is 1.73. The third-order valence-electron chi connectivity index (χ3n) is 5.06. The van der Waals surface area contributed by atoms with E-state index >= 15 is 0 Å². The Hall–Kier alpha value is -3.32. The molecule has 0 amide bonds. The van der Waals surface area contributed by atoms with Crippen LogP contribution in [0.1, 0.15) is 43.4 Å². The Kier molecular flexibility index (Phi) is 5.22. The van der Waals surface area contributed by atoms with Crippen molar-refractivity contribution in [2.24, 2.45) is 0 Å². The molecule has 0 aliphatic heterocycles. The molecule has 4 rings (SSSR count). The number of carbonyl (C=O) groups excluding carboxylic acids is 2. The molecule has 0 fully saturated rings. The number of nitrogens with zero attached hydrogens (tertiary/aromatic N) is 3. The molecule has 4 aromatic rings. The van der Waals surface area contributed by atoms with Crippen LogP contribution in [0.15, 0.2) is 41.9 Å². The number of benzene rings is 1. The van der Waals surface area contributed by atoms with Crippen LogP contribution in [0.3, 0.4) is 0 Å². The van der Waals surface area contributed by atoms with Crippen LogP contribution in [0, 0.1) is 27.7 Å². The van der Waals surface area contributed by atoms with Crippen LogP contribution in [0.4, 0.5) is 0 Å². The first-order valence-electron chi connectivity index (χ1n) is 9.52. The van der Waals surface area contributed by atoms with Crippen molar-refractivity contribution in [3.05, 3.63) is 75.7 Å². The first-order valence-corrected chi connectivity index (χ1v) is 10.4. The molecule has 0 spiro atoms. The summed E-state index contributed by atoms with van der Waals surface area (Å²) >= 11 is 1.50. The van der Waals surface area contributed by atoms with E-state index in [4.69, 9.17) is 4.74 Å². The van der Waals surface area contributed by atoms with E-state index in [9.17, 15) is 9.59 Å². The minimum Gasteiger partial charge on any atom is -0.454 e. The summed E-state index contributed by atoms with van der Waals surface area (Å²) in [5.74, 6) is -0.799. The number of thiazole rings is 1. The molecule has 0 bridgehead atoms. The lowest BCUT2D eigenvalue weighted by Gasteiger charge is -2.09. The van der Waals surface area contributed by atoms with Gasteiger partial charge >= 0.3 is 5.97 Å². The predicted octanol–water partition coefficient (Wildman–Crippen LogP) is 4.76. The molecule has 0 saturated carbocycles. The Morgan fingerprint density at radius 3 is 2.60 bits per heavy atom. The lowest BCUT2D eigenvalue weighted by Crippen LogP contribution is -2.16. The summed E-state index contributed by atoms with van der Waals surface area (Å²) in [7, 11) is 0. The van der Waals surface area contributed by atoms with Gasteiger partial charge in [-0.3, -0.25) is 14.3 Å². The number of Topliss-reactive ketones (excluding diaryl/α,β-unsaturated/α-hetero) is 1. The summed E-state index contributed by atoms with van der Waals surface area (Å²) in [5.41, 5.74) is 5.06. The van der Waals surface area contributed by atoms with Crippen molar-refractivity contribution in [1.82, 2.24) is 14.5 Å². The number of pyridine rings is 1. The average molecular weight is 420 g/mol. The van der Waals surface area contributed by atoms with Crippen LogP contribution in [0.25, 0.3) is 16.0 Å². The molecule has 0 N–H and O–H groups in total. The molecule has 152 valence electrons. The predicted molar refractivity (Wildman–Crippen MR) is 117 cm³/mol. The number of hydrogen-bond donors (Lipinski definition) is 0. The normalized spacial score (nSPS) is 11.1. The first kappa shape index (κ1) is 20.0. The molecule has 3 aromatic heterocycles. The Balaban J connectivity index is 1.53. The van der Waals surface area contributed by atoms with Gasteiger partial charge < -0.3 is 4.74 Å². The van der Waals surface area contributed by atoms with E-state index in [-0.39, 0.29) is 12.4 Å². The lowest BCUT2D eigenvalue weighted by molar-refractivity contribution is 0.0473. The summed E-state index contributed by atoms with van der Waals surface area (Å²) in [4.78, 5) is 34.2. The molecule has 0 aliphatic rings. The molecule has 1 aromatic carbocycles. The molecule has 30 heavy (non-hydrogen) atoms. The van der Waals surface area contributed by atoms with Gasteiger partial charge in [-0.1, -0.05) is 11.6 Å². The monoisotopic (exact) mass is 419 g/mol. The van der Waals surface area contributed by atoms with Crippen LogP contribution in [0.2, 0.25) is 0 Å². The van der Waals surface area contributed by atoms with E-state index in [1.165, 1.54) is 11.3 Å². The number of esters is 1. The molecule has 7 heteroatoms. The Morgan fingerprint density at radius 1 is 1.07 bits per heavy atom. The zero-order valence-electron chi connectivity index (χ0n) is 17.2. The Bertz CT molecular complexity index is 1270. The highest BCUT2D eigenvalue weighted by Crippen LogP contribution is 2.23. The van der Waals surface area contributed by atoms with Crippen LogP contribution in [-0.2, 0) is 4.74 Å². The van der Waals surface area contributed by atoms with Gasteiger partial charge in [0.15, 0.2) is 11.7 Å². The second-order valence-corrected chi connectivity index (χ2v) is 8.12. The minimum atomic E-state index is -0.550. The fourth-order valence-electron chi connectivity index (χ4n) is 3.55. The SMILES string of the molecule is Cc1ccc2nc(C)c(C(=O)OCC(=O)c3cc(C)n(-c4nccs4)c3C)cc2c1. The fraction of sp³-hybridized carbons (Fsp3) is 0.217. The number of ketones is 1. The number of aryl methyl sites for hydroxylation is 3. The van der Waals surface area contributed by atoms with Gasteiger partial charge in [0.1, 0.15) is 0 Å². The number of fused-ring (bicyclic) bond motifs is 1. The van der Waals surface area contributed by atoms with Crippen molar-refractivity contribution in [3.8, 4) is 5.13 Å². The molecule has 0 atom stereocenters. The highest BCUT2D eigenvalue weighted by Gasteiger charge is 2.20. The van der Waals surface area contributed by atoms with Crippen LogP contribution >= 0.6 is 11.3 Å². The van der Waals surface area contributed by atoms with E-state index in [1.54, 1.807) is 25.3 Å². The van der Waals surface area contributed by atoms with Gasteiger partial charge in [0.2, 0.25) is 5.78 Å². The number of ether oxygens (including phenoxy) is 1. The Labute approximate surface area is 178 Å². The summed E-state index contributed by atoms with van der Waals surface area (Å²) in [5, 5.41) is 3.55. The quantitative estimate of drug-likeness (QED) is 0.345. The Morgan fingerprint density at radius 2 is 1.87 bits per heavy atom. The number of hydrogen-bond acceptors (Lipinski definition) is 6. The lowest BCUT2D eigenvalue weighted by atomic mass is 10.1. The van der Waals surface area contributed by atoms with Crippen LogP contribution in [0.5, 0.6) is 0 Å². The highest BCUT2D eigenvalue weighted by atomic mass is 32.1. The molecule has 0 saturated heterocycles. The third-order valence-corrected chi connectivity index (χ3v) is 5.81. The fourth-order valence-corrected chi connectivity index (χ4v) is 4.30. The van der Waals surface area contributed by atoms with E-state index in [2.05, 4.69) is 9.97 Å². The first-order chi connectivity index (χ1) is 14.3. The van der Waals surface area contributed by atoms with E-state index in [0.717, 1.165) is 33.0 Å². The molecule has 0 aliphatic carbocycles. The number of carbonyl (C=O) groups is 2. The number of aromatic nitrogens is 3. The largest absolute Gasteiger partial charge is 0.454 e. The van der Waals surface area contributed by atoms with Crippen molar-refractivity contribution in [2.75, 3.05) is 6.61 Å². The second kappa shape index (κ2) is 7.84. The average Bonchev–Trinajstić information content (AvgIpc) is 3.33. The van der Waals surface area contributed by atoms with Crippen molar-refractivity contribution >= 4 is 34.0 Å². The second-order valence-electron chi connectivity index (χ2n) is 7.25. The highest BCUT2D eigenvalue weighted by molar-refractivity contribution is 7.12. The zero-order chi connectivity index (χ0) is 21.4. The summed E-state index contributed by atoms with van der Waals surface area (Å²) in [6.45, 7) is 7.20. The molecule has 3 heterocycles. The van der Waals surface area contributed by atoms with Crippen molar-refractivity contribution in [2.45, 2.75) is 27.7 Å². The van der Waals surface area contributed by atoms with Crippen molar-refractivity contribution in [1.29, 1.82) is 0 Å². The minimum absolute atomic E-state index is 0.249. The topological polar surface area (TPSA) is 74.1 Å². The van der Waals surface area contributed by atoms with Gasteiger partial charge in [0.05, 0.1) is 16.8 Å². The van der Waals surface area contributed by atoms with Gasteiger partial charge in [0.25, 0.3) is 0 Å². The molecular weight excluding hydrogens is 398 g/mol. The van der Waals surface area contributed by atoms with Gasteiger partial charge in [-0.2, -0.15) is 0 Å². The summed E-state index contributed by atoms with van der Waals surface area (Å²) < 4.78 is 7.28. The van der Waals surface area contributed by atoms with Gasteiger partial charge in [0, 0.05) is 33.9 Å². The summed E-state index contributed by atoms with van der Waals surface area (Å²) in [6, 6.07) is 9.45. The third kappa shape index (κ3) is 3.64. The molecule has 0 unspecified atom stereocenters. The number of rotatable bonds is 5. The van der Waals surface area contributed by atoms with Crippen molar-refractivity contribution in [3.63, 3.8) is 0 Å². The van der Waals surface area contributed by atoms with E-state index in [0.29, 0.717) is 16.8 Å². The maximum atomic E-state index is 12.8. The van der Waals surface area contributed by atoms with Gasteiger partial charge in [-0.05, 0) is 52.0 Å². The van der Waals surface area contributed by atoms with Crippen molar-refractivity contribution < 1.29 is 14.3 Å². The molecule has 6 nitrogen and oxygen atoms in total. The van der Waals surface area contributed by atoms with Crippen LogP contribution in [-0.4, -0.2) is 32.9 Å². The van der Waals surface area contributed by atoms with Crippen LogP contribution < -0.4 is 0 Å². The maximum Gasteiger partial charge on any atom is 0.340 e. The van der Waals surface area contributed by atoms with E-state index < -0.39 is 5.97 Å². The standard InChI is InChI=1S/C23H21N3O3S/c1-13-5-6-20-17(9-13)11-18(15(3)25-20)22(28)29-12-21(27)19-10-14(2)26(16(19)4)23-24-7-8-30-23/h5-11H,12H2,1-4H3.